The van der Waals surface area contributed by atoms with Gasteiger partial charge in [-0.3, -0.25) is 0 Å². The second-order valence-corrected chi connectivity index (χ2v) is 5.09. The minimum absolute atomic E-state index is 0.0418. The lowest BCUT2D eigenvalue weighted by atomic mass is 10.2. The van der Waals surface area contributed by atoms with Gasteiger partial charge in [-0.1, -0.05) is 0 Å². The Kier molecular flexibility index (Phi) is 3.23. The van der Waals surface area contributed by atoms with Gasteiger partial charge in [0.25, 0.3) is 0 Å². The predicted molar refractivity (Wildman–Crippen MR) is 64.9 cm³/mol. The summed E-state index contributed by atoms with van der Waals surface area (Å²) in [5.74, 6) is 0.659. The highest BCUT2D eigenvalue weighted by molar-refractivity contribution is 7.99. The first-order valence-corrected chi connectivity index (χ1v) is 6.34. The number of nitrogen functional groups attached to an aromatic ring is 1. The maximum Gasteiger partial charge on any atom is 0.151 e. The number of anilines is 2. The van der Waals surface area contributed by atoms with Crippen LogP contribution in [0.1, 0.15) is 6.92 Å². The lowest BCUT2D eigenvalue weighted by Gasteiger charge is -2.35. The van der Waals surface area contributed by atoms with Crippen molar-refractivity contribution in [2.45, 2.75) is 13.0 Å². The van der Waals surface area contributed by atoms with E-state index in [2.05, 4.69) is 0 Å². The van der Waals surface area contributed by atoms with E-state index in [1.807, 2.05) is 23.6 Å². The van der Waals surface area contributed by atoms with Crippen LogP contribution >= 0.6 is 11.8 Å². The Hall–Kier alpha value is -0.970. The molecule has 0 aliphatic carbocycles. The van der Waals surface area contributed by atoms with Crippen molar-refractivity contribution in [2.75, 3.05) is 28.7 Å². The molecule has 0 radical (unpaired) electrons. The van der Waals surface area contributed by atoms with Gasteiger partial charge in [0, 0.05) is 30.2 Å². The van der Waals surface area contributed by atoms with Gasteiger partial charge in [0.05, 0.1) is 11.4 Å². The van der Waals surface area contributed by atoms with E-state index < -0.39 is 11.6 Å². The normalized spacial score (nSPS) is 21.2. The molecule has 0 saturated carbocycles. The second kappa shape index (κ2) is 4.49. The molecule has 2 rings (SSSR count). The maximum absolute atomic E-state index is 13.3. The molecule has 5 heteroatoms. The molecular weight excluding hydrogens is 230 g/mol. The summed E-state index contributed by atoms with van der Waals surface area (Å²) in [6.45, 7) is 2.81. The third-order valence-electron chi connectivity index (χ3n) is 2.75. The van der Waals surface area contributed by atoms with E-state index in [1.54, 1.807) is 0 Å². The molecule has 0 aromatic heterocycles. The fourth-order valence-electron chi connectivity index (χ4n) is 1.89. The summed E-state index contributed by atoms with van der Waals surface area (Å²) in [5, 5.41) is 0. The molecular formula is C11H14F2N2S. The summed E-state index contributed by atoms with van der Waals surface area (Å²) < 4.78 is 26.5. The van der Waals surface area contributed by atoms with Crippen LogP contribution < -0.4 is 10.6 Å². The summed E-state index contributed by atoms with van der Waals surface area (Å²) in [7, 11) is 0. The topological polar surface area (TPSA) is 29.3 Å². The third kappa shape index (κ3) is 2.09. The van der Waals surface area contributed by atoms with Crippen LogP contribution in [0.25, 0.3) is 0 Å². The molecule has 0 spiro atoms. The summed E-state index contributed by atoms with van der Waals surface area (Å²) >= 11 is 1.85. The van der Waals surface area contributed by atoms with Crippen LogP contribution in [0.15, 0.2) is 12.1 Å². The average molecular weight is 244 g/mol. The molecule has 2 N–H and O–H groups in total. The Bertz CT molecular complexity index is 398. The molecule has 1 saturated heterocycles. The summed E-state index contributed by atoms with van der Waals surface area (Å²) in [4.78, 5) is 1.97. The van der Waals surface area contributed by atoms with Gasteiger partial charge in [0.2, 0.25) is 0 Å². The van der Waals surface area contributed by atoms with E-state index in [4.69, 9.17) is 5.73 Å². The monoisotopic (exact) mass is 244 g/mol. The highest BCUT2D eigenvalue weighted by Gasteiger charge is 2.22. The molecule has 2 nitrogen and oxygen atoms in total. The molecule has 1 atom stereocenters. The molecule has 16 heavy (non-hydrogen) atoms. The molecule has 1 fully saturated rings. The predicted octanol–water partition coefficient (Wildman–Crippen LogP) is 2.49. The maximum atomic E-state index is 13.3. The average Bonchev–Trinajstić information content (AvgIpc) is 2.24. The number of rotatable bonds is 1. The number of hydrogen-bond acceptors (Lipinski definition) is 3. The largest absolute Gasteiger partial charge is 0.395 e. The quantitative estimate of drug-likeness (QED) is 0.770. The number of thioether (sulfide) groups is 1. The Balaban J connectivity index is 2.38. The molecule has 1 heterocycles. The molecule has 1 aliphatic heterocycles. The van der Waals surface area contributed by atoms with Crippen LogP contribution in [0.2, 0.25) is 0 Å². The molecule has 0 amide bonds. The summed E-state index contributed by atoms with van der Waals surface area (Å²) in [5.41, 5.74) is 6.17. The minimum Gasteiger partial charge on any atom is -0.395 e. The van der Waals surface area contributed by atoms with Crippen molar-refractivity contribution in [2.24, 2.45) is 0 Å². The van der Waals surface area contributed by atoms with Gasteiger partial charge < -0.3 is 10.6 Å². The van der Waals surface area contributed by atoms with Gasteiger partial charge in [0.15, 0.2) is 5.82 Å². The van der Waals surface area contributed by atoms with Crippen LogP contribution in [0.3, 0.4) is 0 Å². The first-order chi connectivity index (χ1) is 7.59. The summed E-state index contributed by atoms with van der Waals surface area (Å²) in [6.07, 6.45) is 0. The first-order valence-electron chi connectivity index (χ1n) is 5.18. The van der Waals surface area contributed by atoms with Crippen molar-refractivity contribution in [3.63, 3.8) is 0 Å². The Labute approximate surface area is 97.8 Å². The summed E-state index contributed by atoms with van der Waals surface area (Å²) in [6, 6.07) is 2.38. The van der Waals surface area contributed by atoms with E-state index in [0.717, 1.165) is 24.1 Å². The molecule has 1 aromatic rings. The van der Waals surface area contributed by atoms with E-state index >= 15 is 0 Å². The van der Waals surface area contributed by atoms with Gasteiger partial charge >= 0.3 is 0 Å². The van der Waals surface area contributed by atoms with Gasteiger partial charge in [0.1, 0.15) is 5.82 Å². The molecule has 1 aromatic carbocycles. The second-order valence-electron chi connectivity index (χ2n) is 3.94. The standard InChI is InChI=1S/C11H14F2N2S/c1-7-6-16-3-2-15(7)10-5-8(12)4-9(13)11(10)14/h4-5,7H,2-3,6,14H2,1H3. The van der Waals surface area contributed by atoms with Crippen molar-refractivity contribution in [1.29, 1.82) is 0 Å². The zero-order valence-electron chi connectivity index (χ0n) is 9.04. The highest BCUT2D eigenvalue weighted by atomic mass is 32.2. The lowest BCUT2D eigenvalue weighted by Crippen LogP contribution is -2.40. The minimum atomic E-state index is -0.680. The van der Waals surface area contributed by atoms with Gasteiger partial charge in [-0.15, -0.1) is 0 Å². The van der Waals surface area contributed by atoms with E-state index in [1.165, 1.54) is 6.07 Å². The molecule has 1 unspecified atom stereocenters. The molecule has 0 bridgehead atoms. The van der Waals surface area contributed by atoms with Crippen molar-refractivity contribution in [3.05, 3.63) is 23.8 Å². The van der Waals surface area contributed by atoms with Gasteiger partial charge in [-0.2, -0.15) is 11.8 Å². The highest BCUT2D eigenvalue weighted by Crippen LogP contribution is 2.31. The zero-order valence-corrected chi connectivity index (χ0v) is 9.86. The SMILES string of the molecule is CC1CSCCN1c1cc(F)cc(F)c1N. The van der Waals surface area contributed by atoms with Crippen LogP contribution in [0, 0.1) is 11.6 Å². The zero-order chi connectivity index (χ0) is 11.7. The fourth-order valence-corrected chi connectivity index (χ4v) is 2.91. The van der Waals surface area contributed by atoms with Gasteiger partial charge in [-0.05, 0) is 13.0 Å². The van der Waals surface area contributed by atoms with Crippen LogP contribution in [-0.4, -0.2) is 24.1 Å². The van der Waals surface area contributed by atoms with E-state index in [9.17, 15) is 8.78 Å². The Morgan fingerprint density at radius 3 is 2.88 bits per heavy atom. The first kappa shape index (κ1) is 11.5. The number of benzene rings is 1. The third-order valence-corrected chi connectivity index (χ3v) is 3.94. The Morgan fingerprint density at radius 2 is 2.19 bits per heavy atom. The van der Waals surface area contributed by atoms with Gasteiger partial charge in [-0.25, -0.2) is 8.78 Å². The smallest absolute Gasteiger partial charge is 0.151 e. The Morgan fingerprint density at radius 1 is 1.44 bits per heavy atom. The van der Waals surface area contributed by atoms with Crippen molar-refractivity contribution < 1.29 is 8.78 Å². The van der Waals surface area contributed by atoms with Crippen molar-refractivity contribution >= 4 is 23.1 Å². The van der Waals surface area contributed by atoms with E-state index in [0.29, 0.717) is 5.69 Å². The van der Waals surface area contributed by atoms with Crippen LogP contribution in [0.4, 0.5) is 20.2 Å². The van der Waals surface area contributed by atoms with E-state index in [-0.39, 0.29) is 11.7 Å². The molecule has 1 aliphatic rings. The number of hydrogen-bond donors (Lipinski definition) is 1. The van der Waals surface area contributed by atoms with Crippen LogP contribution in [0.5, 0.6) is 0 Å². The lowest BCUT2D eigenvalue weighted by molar-refractivity contribution is 0.582. The van der Waals surface area contributed by atoms with Crippen LogP contribution in [-0.2, 0) is 0 Å². The fraction of sp³-hybridized carbons (Fsp3) is 0.455. The number of halogens is 2. The van der Waals surface area contributed by atoms with Crippen molar-refractivity contribution in [3.8, 4) is 0 Å². The molecule has 88 valence electrons. The number of nitrogens with two attached hydrogens (primary N) is 1. The number of nitrogens with zero attached hydrogens (tertiary/aromatic N) is 1. The van der Waals surface area contributed by atoms with Crippen molar-refractivity contribution in [1.82, 2.24) is 0 Å².